The van der Waals surface area contributed by atoms with Gasteiger partial charge in [0.15, 0.2) is 11.2 Å². The SMILES string of the molecule is CC(N)OCCn1oc2c(C(C)(C)C)cc(C(C)(C)C)cc2c2cc(C(C)(C)C)cc(C(C)(C)C)c2o1. The Morgan fingerprint density at radius 3 is 1.35 bits per heavy atom. The molecule has 0 fully saturated rings. The molecular formula is C32H50N2O3. The van der Waals surface area contributed by atoms with Crippen molar-refractivity contribution in [2.24, 2.45) is 5.73 Å². The summed E-state index contributed by atoms with van der Waals surface area (Å²) in [4.78, 5) is 1.57. The van der Waals surface area contributed by atoms with Gasteiger partial charge in [0.25, 0.3) is 0 Å². The zero-order valence-corrected chi connectivity index (χ0v) is 25.6. The zero-order valence-electron chi connectivity index (χ0n) is 25.6. The third kappa shape index (κ3) is 6.61. The first-order valence-electron chi connectivity index (χ1n) is 13.6. The van der Waals surface area contributed by atoms with Gasteiger partial charge < -0.3 is 19.5 Å². The van der Waals surface area contributed by atoms with Crippen molar-refractivity contribution in [3.8, 4) is 0 Å². The molecule has 1 unspecified atom stereocenters. The molecule has 0 saturated carbocycles. The summed E-state index contributed by atoms with van der Waals surface area (Å²) < 4.78 is 18.9. The first kappa shape index (κ1) is 29.3. The van der Waals surface area contributed by atoms with Crippen LogP contribution in [0.4, 0.5) is 0 Å². The molecule has 37 heavy (non-hydrogen) atoms. The molecular weight excluding hydrogens is 460 g/mol. The Labute approximate surface area is 223 Å². The molecule has 3 aromatic rings. The van der Waals surface area contributed by atoms with E-state index in [0.29, 0.717) is 13.2 Å². The molecule has 1 aromatic heterocycles. The second-order valence-corrected chi connectivity index (χ2v) is 14.6. The smallest absolute Gasteiger partial charge is 0.170 e. The Balaban J connectivity index is 2.64. The molecule has 1 atom stereocenters. The molecule has 0 aliphatic rings. The summed E-state index contributed by atoms with van der Waals surface area (Å²) in [5.74, 6) is 0. The van der Waals surface area contributed by atoms with Crippen LogP contribution in [-0.2, 0) is 32.9 Å². The topological polar surface area (TPSA) is 66.5 Å². The monoisotopic (exact) mass is 510 g/mol. The fourth-order valence-corrected chi connectivity index (χ4v) is 4.46. The van der Waals surface area contributed by atoms with E-state index in [1.165, 1.54) is 11.1 Å². The first-order valence-corrected chi connectivity index (χ1v) is 13.6. The highest BCUT2D eigenvalue weighted by atomic mass is 16.7. The van der Waals surface area contributed by atoms with Crippen LogP contribution in [0.15, 0.2) is 33.3 Å². The van der Waals surface area contributed by atoms with Gasteiger partial charge in [-0.2, -0.15) is 0 Å². The quantitative estimate of drug-likeness (QED) is 0.357. The summed E-state index contributed by atoms with van der Waals surface area (Å²) >= 11 is 0. The molecule has 0 radical (unpaired) electrons. The molecule has 5 heteroatoms. The van der Waals surface area contributed by atoms with Crippen molar-refractivity contribution in [2.45, 2.75) is 124 Å². The Bertz CT molecular complexity index is 1210. The van der Waals surface area contributed by atoms with Crippen LogP contribution < -0.4 is 5.73 Å². The van der Waals surface area contributed by atoms with Crippen LogP contribution in [-0.4, -0.2) is 17.7 Å². The second-order valence-electron chi connectivity index (χ2n) is 14.6. The lowest BCUT2D eigenvalue weighted by molar-refractivity contribution is 0.00824. The van der Waals surface area contributed by atoms with E-state index in [-0.39, 0.29) is 27.9 Å². The lowest BCUT2D eigenvalue weighted by Gasteiger charge is -2.27. The van der Waals surface area contributed by atoms with Crippen LogP contribution in [0.2, 0.25) is 0 Å². The fourth-order valence-electron chi connectivity index (χ4n) is 4.46. The van der Waals surface area contributed by atoms with E-state index in [9.17, 15) is 0 Å². The summed E-state index contributed by atoms with van der Waals surface area (Å²) in [5, 5.41) is 2.14. The lowest BCUT2D eigenvalue weighted by Crippen LogP contribution is -2.21. The molecule has 5 nitrogen and oxygen atoms in total. The predicted molar refractivity (Wildman–Crippen MR) is 156 cm³/mol. The fraction of sp³-hybridized carbons (Fsp3) is 0.625. The standard InChI is InChI=1S/C32H50N2O3/c1-20(33)35-15-14-34-36-27-23(16-21(29(2,3)4)18-25(27)31(8,9)10)24-17-22(30(5,6)7)19-26(28(24)37-34)32(11,12)13/h16-20H,14-15,33H2,1-13H3. The number of ether oxygens (including phenoxy) is 1. The van der Waals surface area contributed by atoms with Gasteiger partial charge in [-0.15, -0.1) is 0 Å². The van der Waals surface area contributed by atoms with Crippen molar-refractivity contribution in [1.29, 1.82) is 0 Å². The Kier molecular flexibility index (Phi) is 7.78. The molecule has 0 amide bonds. The van der Waals surface area contributed by atoms with Gasteiger partial charge in [-0.05, 0) is 51.8 Å². The van der Waals surface area contributed by atoms with Crippen LogP contribution in [0.3, 0.4) is 0 Å². The van der Waals surface area contributed by atoms with Gasteiger partial charge in [-0.1, -0.05) is 100 Å². The molecule has 206 valence electrons. The minimum Gasteiger partial charge on any atom is -0.362 e. The molecule has 0 saturated heterocycles. The Morgan fingerprint density at radius 2 is 1.05 bits per heavy atom. The van der Waals surface area contributed by atoms with E-state index in [2.05, 4.69) is 107 Å². The maximum atomic E-state index is 6.63. The predicted octanol–water partition coefficient (Wildman–Crippen LogP) is 8.62. The number of nitrogens with two attached hydrogens (primary N) is 1. The van der Waals surface area contributed by atoms with E-state index in [1.54, 1.807) is 4.91 Å². The van der Waals surface area contributed by atoms with Gasteiger partial charge in [0.2, 0.25) is 0 Å². The summed E-state index contributed by atoms with van der Waals surface area (Å²) in [5.41, 5.74) is 12.1. The van der Waals surface area contributed by atoms with Gasteiger partial charge in [-0.3, -0.25) is 0 Å². The van der Waals surface area contributed by atoms with Crippen molar-refractivity contribution in [3.05, 3.63) is 46.5 Å². The van der Waals surface area contributed by atoms with Gasteiger partial charge in [0, 0.05) is 21.9 Å². The molecule has 0 spiro atoms. The average Bonchev–Trinajstić information content (AvgIpc) is 2.85. The van der Waals surface area contributed by atoms with Gasteiger partial charge >= 0.3 is 0 Å². The number of nitrogens with zero attached hydrogens (tertiary/aromatic N) is 1. The number of rotatable bonds is 4. The van der Waals surface area contributed by atoms with Crippen molar-refractivity contribution in [1.82, 2.24) is 4.91 Å². The summed E-state index contributed by atoms with van der Waals surface area (Å²) in [6.45, 7) is 29.6. The number of aromatic nitrogens is 1. The Hall–Kier alpha value is -2.24. The summed E-state index contributed by atoms with van der Waals surface area (Å²) in [6, 6.07) is 9.21. The molecule has 2 aromatic carbocycles. The van der Waals surface area contributed by atoms with Gasteiger partial charge in [-0.25, -0.2) is 0 Å². The highest BCUT2D eigenvalue weighted by Gasteiger charge is 2.28. The van der Waals surface area contributed by atoms with E-state index in [1.807, 2.05) is 6.92 Å². The molecule has 0 aliphatic heterocycles. The van der Waals surface area contributed by atoms with Crippen LogP contribution in [0.1, 0.15) is 112 Å². The maximum Gasteiger partial charge on any atom is 0.170 e. The normalized spacial score (nSPS) is 14.4. The van der Waals surface area contributed by atoms with E-state index in [4.69, 9.17) is 19.5 Å². The van der Waals surface area contributed by atoms with Crippen LogP contribution >= 0.6 is 0 Å². The molecule has 0 aliphatic carbocycles. The first-order chi connectivity index (χ1) is 16.7. The minimum atomic E-state index is -0.356. The van der Waals surface area contributed by atoms with E-state index in [0.717, 1.165) is 33.1 Å². The molecule has 3 rings (SSSR count). The maximum absolute atomic E-state index is 6.63. The highest BCUT2D eigenvalue weighted by Crippen LogP contribution is 2.41. The molecule has 1 heterocycles. The largest absolute Gasteiger partial charge is 0.362 e. The zero-order chi connectivity index (χ0) is 28.1. The third-order valence-corrected chi connectivity index (χ3v) is 6.86. The van der Waals surface area contributed by atoms with Crippen LogP contribution in [0.5, 0.6) is 0 Å². The van der Waals surface area contributed by atoms with Crippen molar-refractivity contribution in [3.63, 3.8) is 0 Å². The highest BCUT2D eigenvalue weighted by molar-refractivity contribution is 6.04. The third-order valence-electron chi connectivity index (χ3n) is 6.86. The van der Waals surface area contributed by atoms with Gasteiger partial charge in [0.1, 0.15) is 12.8 Å². The van der Waals surface area contributed by atoms with Crippen molar-refractivity contribution < 1.29 is 13.8 Å². The van der Waals surface area contributed by atoms with Crippen LogP contribution in [0.25, 0.3) is 21.9 Å². The molecule has 2 N–H and O–H groups in total. The Morgan fingerprint density at radius 1 is 0.676 bits per heavy atom. The van der Waals surface area contributed by atoms with Crippen molar-refractivity contribution in [2.75, 3.05) is 6.61 Å². The second kappa shape index (κ2) is 9.81. The van der Waals surface area contributed by atoms with E-state index < -0.39 is 0 Å². The van der Waals surface area contributed by atoms with Crippen molar-refractivity contribution >= 4 is 21.9 Å². The number of hydrogen-bond donors (Lipinski definition) is 1. The lowest BCUT2D eigenvalue weighted by atomic mass is 9.77. The minimum absolute atomic E-state index is 0.0261. The number of hydrogen-bond acceptors (Lipinski definition) is 4. The number of fused-ring (bicyclic) bond motifs is 3. The summed E-state index contributed by atoms with van der Waals surface area (Å²) in [6.07, 6.45) is -0.356. The molecule has 0 bridgehead atoms. The summed E-state index contributed by atoms with van der Waals surface area (Å²) in [7, 11) is 0. The van der Waals surface area contributed by atoms with Crippen LogP contribution in [0, 0.1) is 0 Å². The van der Waals surface area contributed by atoms with E-state index >= 15 is 0 Å². The average molecular weight is 511 g/mol. The van der Waals surface area contributed by atoms with Gasteiger partial charge in [0.05, 0.1) is 6.61 Å². The number of benzene rings is 2.